The van der Waals surface area contributed by atoms with Gasteiger partial charge in [0.05, 0.1) is 35.5 Å². The SMILES string of the molecule is CCCNCc1[nH]c(C(=O)OC)c(C=CC(=O)OC)c1-c1ccc(OC)c(OC)c1OC. The molecule has 1 aromatic carbocycles. The molecule has 0 saturated heterocycles. The third-order valence-electron chi connectivity index (χ3n) is 4.80. The molecule has 32 heavy (non-hydrogen) atoms. The number of aromatic nitrogens is 1. The molecule has 1 heterocycles. The number of methoxy groups -OCH3 is 5. The number of ether oxygens (including phenoxy) is 5. The highest BCUT2D eigenvalue weighted by atomic mass is 16.5. The van der Waals surface area contributed by atoms with E-state index >= 15 is 0 Å². The topological polar surface area (TPSA) is 108 Å². The number of aromatic amines is 1. The van der Waals surface area contributed by atoms with Crippen molar-refractivity contribution in [1.82, 2.24) is 10.3 Å². The van der Waals surface area contributed by atoms with E-state index in [-0.39, 0.29) is 5.69 Å². The average molecular weight is 447 g/mol. The molecule has 0 radical (unpaired) electrons. The number of benzene rings is 1. The molecule has 0 aliphatic heterocycles. The van der Waals surface area contributed by atoms with Crippen molar-refractivity contribution in [3.8, 4) is 28.4 Å². The Bertz CT molecular complexity index is 979. The lowest BCUT2D eigenvalue weighted by Gasteiger charge is -2.17. The van der Waals surface area contributed by atoms with Crippen LogP contribution in [-0.4, -0.2) is 59.0 Å². The molecule has 0 unspecified atom stereocenters. The van der Waals surface area contributed by atoms with Gasteiger partial charge in [-0.05, 0) is 31.2 Å². The number of hydrogen-bond donors (Lipinski definition) is 2. The minimum Gasteiger partial charge on any atom is -0.493 e. The highest BCUT2D eigenvalue weighted by Crippen LogP contribution is 2.46. The van der Waals surface area contributed by atoms with Crippen LogP contribution in [0.2, 0.25) is 0 Å². The summed E-state index contributed by atoms with van der Waals surface area (Å²) < 4.78 is 26.3. The van der Waals surface area contributed by atoms with Crippen LogP contribution >= 0.6 is 0 Å². The molecule has 9 heteroatoms. The fraction of sp³-hybridized carbons (Fsp3) is 0.391. The number of nitrogens with one attached hydrogen (secondary N) is 2. The number of H-pyrrole nitrogens is 1. The molecule has 0 atom stereocenters. The van der Waals surface area contributed by atoms with E-state index in [9.17, 15) is 9.59 Å². The van der Waals surface area contributed by atoms with Gasteiger partial charge in [0.15, 0.2) is 11.5 Å². The quantitative estimate of drug-likeness (QED) is 0.308. The van der Waals surface area contributed by atoms with Crippen LogP contribution < -0.4 is 19.5 Å². The molecule has 2 N–H and O–H groups in total. The molecular formula is C23H30N2O7. The second-order valence-electron chi connectivity index (χ2n) is 6.67. The van der Waals surface area contributed by atoms with Crippen LogP contribution in [-0.2, 0) is 20.8 Å². The fourth-order valence-corrected chi connectivity index (χ4v) is 3.35. The Kier molecular flexibility index (Phi) is 9.15. The molecule has 0 aliphatic carbocycles. The largest absolute Gasteiger partial charge is 0.493 e. The lowest BCUT2D eigenvalue weighted by molar-refractivity contribution is -0.134. The third kappa shape index (κ3) is 5.23. The van der Waals surface area contributed by atoms with E-state index < -0.39 is 11.9 Å². The lowest BCUT2D eigenvalue weighted by Crippen LogP contribution is -2.15. The van der Waals surface area contributed by atoms with Crippen molar-refractivity contribution in [2.24, 2.45) is 0 Å². The zero-order valence-corrected chi connectivity index (χ0v) is 19.3. The van der Waals surface area contributed by atoms with Crippen LogP contribution in [0.3, 0.4) is 0 Å². The smallest absolute Gasteiger partial charge is 0.355 e. The maximum atomic E-state index is 12.6. The van der Waals surface area contributed by atoms with Crippen LogP contribution in [0.1, 0.15) is 35.1 Å². The van der Waals surface area contributed by atoms with E-state index in [0.29, 0.717) is 46.2 Å². The summed E-state index contributed by atoms with van der Waals surface area (Å²) in [6.45, 7) is 3.28. The molecular weight excluding hydrogens is 416 g/mol. The summed E-state index contributed by atoms with van der Waals surface area (Å²) in [4.78, 5) is 27.5. The maximum Gasteiger partial charge on any atom is 0.355 e. The van der Waals surface area contributed by atoms with Crippen LogP contribution in [0, 0.1) is 0 Å². The van der Waals surface area contributed by atoms with Crippen molar-refractivity contribution in [3.05, 3.63) is 35.2 Å². The predicted octanol–water partition coefficient (Wildman–Crippen LogP) is 3.18. The third-order valence-corrected chi connectivity index (χ3v) is 4.80. The fourth-order valence-electron chi connectivity index (χ4n) is 3.35. The lowest BCUT2D eigenvalue weighted by atomic mass is 9.97. The second-order valence-corrected chi connectivity index (χ2v) is 6.67. The normalized spacial score (nSPS) is 10.8. The number of hydrogen-bond acceptors (Lipinski definition) is 8. The summed E-state index contributed by atoms with van der Waals surface area (Å²) >= 11 is 0. The van der Waals surface area contributed by atoms with Gasteiger partial charge in [0, 0.05) is 35.0 Å². The second kappa shape index (κ2) is 11.8. The molecule has 0 saturated carbocycles. The van der Waals surface area contributed by atoms with Gasteiger partial charge in [-0.2, -0.15) is 0 Å². The summed E-state index contributed by atoms with van der Waals surface area (Å²) in [6.07, 6.45) is 3.70. The van der Waals surface area contributed by atoms with Crippen molar-refractivity contribution in [1.29, 1.82) is 0 Å². The van der Waals surface area contributed by atoms with Gasteiger partial charge in [-0.3, -0.25) is 0 Å². The van der Waals surface area contributed by atoms with E-state index in [0.717, 1.165) is 13.0 Å². The van der Waals surface area contributed by atoms with Gasteiger partial charge in [-0.25, -0.2) is 9.59 Å². The molecule has 0 bridgehead atoms. The maximum absolute atomic E-state index is 12.6. The highest BCUT2D eigenvalue weighted by molar-refractivity contribution is 6.00. The summed E-state index contributed by atoms with van der Waals surface area (Å²) in [5.41, 5.74) is 2.68. The Balaban J connectivity index is 2.85. The molecule has 174 valence electrons. The van der Waals surface area contributed by atoms with E-state index in [1.54, 1.807) is 6.07 Å². The van der Waals surface area contributed by atoms with E-state index in [1.807, 2.05) is 6.07 Å². The van der Waals surface area contributed by atoms with Gasteiger partial charge < -0.3 is 34.0 Å². The summed E-state index contributed by atoms with van der Waals surface area (Å²) in [5.74, 6) is 0.194. The number of esters is 2. The van der Waals surface area contributed by atoms with Gasteiger partial charge in [0.2, 0.25) is 5.75 Å². The van der Waals surface area contributed by atoms with Crippen LogP contribution in [0.15, 0.2) is 18.2 Å². The number of rotatable bonds is 11. The van der Waals surface area contributed by atoms with Gasteiger partial charge in [0.1, 0.15) is 5.69 Å². The van der Waals surface area contributed by atoms with Gasteiger partial charge >= 0.3 is 11.9 Å². The first-order chi connectivity index (χ1) is 15.5. The van der Waals surface area contributed by atoms with Gasteiger partial charge in [0.25, 0.3) is 0 Å². The Morgan fingerprint density at radius 2 is 1.72 bits per heavy atom. The zero-order chi connectivity index (χ0) is 23.7. The molecule has 2 aromatic rings. The molecule has 1 aromatic heterocycles. The minimum absolute atomic E-state index is 0.202. The summed E-state index contributed by atoms with van der Waals surface area (Å²) in [5, 5.41) is 3.33. The Labute approximate surface area is 187 Å². The summed E-state index contributed by atoms with van der Waals surface area (Å²) in [7, 11) is 7.15. The molecule has 0 fully saturated rings. The number of carbonyl (C=O) groups excluding carboxylic acids is 2. The zero-order valence-electron chi connectivity index (χ0n) is 19.3. The number of carbonyl (C=O) groups is 2. The molecule has 2 rings (SSSR count). The highest BCUT2D eigenvalue weighted by Gasteiger charge is 2.27. The molecule has 9 nitrogen and oxygen atoms in total. The van der Waals surface area contributed by atoms with Crippen molar-refractivity contribution in [2.45, 2.75) is 19.9 Å². The van der Waals surface area contributed by atoms with Crippen molar-refractivity contribution in [3.63, 3.8) is 0 Å². The van der Waals surface area contributed by atoms with Crippen molar-refractivity contribution >= 4 is 18.0 Å². The Morgan fingerprint density at radius 1 is 1.00 bits per heavy atom. The summed E-state index contributed by atoms with van der Waals surface area (Å²) in [6, 6.07) is 3.56. The van der Waals surface area contributed by atoms with Crippen molar-refractivity contribution in [2.75, 3.05) is 42.1 Å². The van der Waals surface area contributed by atoms with E-state index in [4.69, 9.17) is 23.7 Å². The predicted molar refractivity (Wildman–Crippen MR) is 120 cm³/mol. The Morgan fingerprint density at radius 3 is 2.28 bits per heavy atom. The van der Waals surface area contributed by atoms with E-state index in [2.05, 4.69) is 17.2 Å². The van der Waals surface area contributed by atoms with Crippen LogP contribution in [0.5, 0.6) is 17.2 Å². The average Bonchev–Trinajstić information content (AvgIpc) is 3.18. The molecule has 0 amide bonds. The van der Waals surface area contributed by atoms with E-state index in [1.165, 1.54) is 47.7 Å². The Hall–Kier alpha value is -3.46. The standard InChI is InChI=1S/C23H30N2O7/c1-7-12-24-13-16-19(15-8-10-17(28-2)22(31-5)21(15)30-4)14(9-11-18(26)29-3)20(25-16)23(27)32-6/h8-11,24-25H,7,12-13H2,1-6H3. The van der Waals surface area contributed by atoms with Gasteiger partial charge in [-0.15, -0.1) is 0 Å². The van der Waals surface area contributed by atoms with Gasteiger partial charge in [-0.1, -0.05) is 6.92 Å². The molecule has 0 aliphatic rings. The van der Waals surface area contributed by atoms with Crippen LogP contribution in [0.4, 0.5) is 0 Å². The molecule has 0 spiro atoms. The minimum atomic E-state index is -0.572. The van der Waals surface area contributed by atoms with Crippen molar-refractivity contribution < 1.29 is 33.3 Å². The van der Waals surface area contributed by atoms with Crippen LogP contribution in [0.25, 0.3) is 17.2 Å². The first kappa shape index (κ1) is 24.8. The first-order valence-electron chi connectivity index (χ1n) is 10.1. The first-order valence-corrected chi connectivity index (χ1v) is 10.1. The monoisotopic (exact) mass is 446 g/mol.